The van der Waals surface area contributed by atoms with Gasteiger partial charge >= 0.3 is 0 Å². The van der Waals surface area contributed by atoms with Crippen LogP contribution in [-0.4, -0.2) is 29.8 Å². The molecule has 1 atom stereocenters. The molecule has 0 bridgehead atoms. The largest absolute Gasteiger partial charge is 0.343 e. The van der Waals surface area contributed by atoms with Gasteiger partial charge in [0.05, 0.1) is 12.6 Å². The molecule has 2 aromatic rings. The minimum atomic E-state index is -0.268. The summed E-state index contributed by atoms with van der Waals surface area (Å²) in [4.78, 5) is 26.5. The molecule has 1 fully saturated rings. The summed E-state index contributed by atoms with van der Waals surface area (Å²) in [5.41, 5.74) is 1.64. The van der Waals surface area contributed by atoms with Gasteiger partial charge in [0, 0.05) is 17.1 Å². The number of hydrogen-bond donors (Lipinski definition) is 1. The van der Waals surface area contributed by atoms with Gasteiger partial charge in [-0.15, -0.1) is 0 Å². The van der Waals surface area contributed by atoms with E-state index in [0.717, 1.165) is 24.9 Å². The van der Waals surface area contributed by atoms with Crippen LogP contribution in [0.4, 0.5) is 0 Å². The van der Waals surface area contributed by atoms with Crippen molar-refractivity contribution in [3.05, 3.63) is 70.7 Å². The van der Waals surface area contributed by atoms with Crippen molar-refractivity contribution in [1.29, 1.82) is 0 Å². The van der Waals surface area contributed by atoms with E-state index in [0.29, 0.717) is 10.6 Å². The highest BCUT2D eigenvalue weighted by Gasteiger charge is 2.29. The normalized spacial score (nSPS) is 16.9. The van der Waals surface area contributed by atoms with Gasteiger partial charge in [-0.2, -0.15) is 0 Å². The lowest BCUT2D eigenvalue weighted by atomic mass is 10.0. The van der Waals surface area contributed by atoms with E-state index in [1.165, 1.54) is 0 Å². The third-order valence-corrected chi connectivity index (χ3v) is 4.52. The fourth-order valence-electron chi connectivity index (χ4n) is 3.05. The third-order valence-electron chi connectivity index (χ3n) is 4.26. The number of halogens is 1. The zero-order valence-electron chi connectivity index (χ0n) is 13.2. The zero-order valence-corrected chi connectivity index (χ0v) is 14.0. The first-order chi connectivity index (χ1) is 11.6. The van der Waals surface area contributed by atoms with Crippen LogP contribution >= 0.6 is 11.6 Å². The summed E-state index contributed by atoms with van der Waals surface area (Å²) < 4.78 is 0. The number of nitrogens with one attached hydrogen (secondary N) is 1. The number of amides is 2. The number of carbonyl (C=O) groups is 2. The van der Waals surface area contributed by atoms with Crippen molar-refractivity contribution in [3.8, 4) is 0 Å². The highest BCUT2D eigenvalue weighted by atomic mass is 35.5. The molecule has 0 radical (unpaired) electrons. The Labute approximate surface area is 146 Å². The molecule has 1 aliphatic heterocycles. The van der Waals surface area contributed by atoms with Gasteiger partial charge in [-0.1, -0.05) is 41.9 Å². The second-order valence-electron chi connectivity index (χ2n) is 5.85. The summed E-state index contributed by atoms with van der Waals surface area (Å²) in [5, 5.41) is 3.27. The second kappa shape index (κ2) is 7.49. The van der Waals surface area contributed by atoms with Crippen molar-refractivity contribution >= 4 is 23.4 Å². The second-order valence-corrected chi connectivity index (χ2v) is 6.28. The lowest BCUT2D eigenvalue weighted by Crippen LogP contribution is -2.39. The van der Waals surface area contributed by atoms with Crippen LogP contribution in [0.25, 0.3) is 0 Å². The predicted molar refractivity (Wildman–Crippen MR) is 93.9 cm³/mol. The van der Waals surface area contributed by atoms with Gasteiger partial charge in [0.1, 0.15) is 0 Å². The molecule has 1 heterocycles. The first-order valence-corrected chi connectivity index (χ1v) is 8.41. The van der Waals surface area contributed by atoms with Crippen LogP contribution < -0.4 is 5.32 Å². The average molecular weight is 343 g/mol. The molecule has 1 N–H and O–H groups in total. The van der Waals surface area contributed by atoms with Gasteiger partial charge in [-0.3, -0.25) is 9.59 Å². The van der Waals surface area contributed by atoms with Crippen LogP contribution in [0, 0.1) is 0 Å². The van der Waals surface area contributed by atoms with Crippen molar-refractivity contribution in [3.63, 3.8) is 0 Å². The fraction of sp³-hybridized carbons (Fsp3) is 0.263. The van der Waals surface area contributed by atoms with Gasteiger partial charge in [0.25, 0.3) is 5.91 Å². The first-order valence-electron chi connectivity index (χ1n) is 8.03. The van der Waals surface area contributed by atoms with Crippen molar-refractivity contribution in [1.82, 2.24) is 10.2 Å². The molecule has 24 heavy (non-hydrogen) atoms. The summed E-state index contributed by atoms with van der Waals surface area (Å²) in [6.07, 6.45) is 1.94. The van der Waals surface area contributed by atoms with Crippen LogP contribution in [0.5, 0.6) is 0 Å². The minimum Gasteiger partial charge on any atom is -0.343 e. The summed E-state index contributed by atoms with van der Waals surface area (Å²) in [5.74, 6) is -0.320. The maximum absolute atomic E-state index is 12.5. The number of hydrogen-bond acceptors (Lipinski definition) is 2. The molecular formula is C19H19ClN2O2. The van der Waals surface area contributed by atoms with Gasteiger partial charge in [-0.25, -0.2) is 0 Å². The van der Waals surface area contributed by atoms with E-state index in [4.69, 9.17) is 11.6 Å². The number of nitrogens with zero attached hydrogens (tertiary/aromatic N) is 1. The summed E-state index contributed by atoms with van der Waals surface area (Å²) >= 11 is 5.81. The third kappa shape index (κ3) is 3.77. The molecule has 0 unspecified atom stereocenters. The van der Waals surface area contributed by atoms with Gasteiger partial charge in [0.2, 0.25) is 5.91 Å². The average Bonchev–Trinajstić information content (AvgIpc) is 3.10. The molecule has 0 saturated carbocycles. The van der Waals surface area contributed by atoms with E-state index < -0.39 is 0 Å². The van der Waals surface area contributed by atoms with Gasteiger partial charge < -0.3 is 10.2 Å². The van der Waals surface area contributed by atoms with Crippen LogP contribution in [0.2, 0.25) is 5.02 Å². The number of benzene rings is 2. The minimum absolute atomic E-state index is 0.00476. The van der Waals surface area contributed by atoms with Crippen LogP contribution in [0.15, 0.2) is 54.6 Å². The Balaban J connectivity index is 1.60. The summed E-state index contributed by atoms with van der Waals surface area (Å²) in [6, 6.07) is 16.7. The molecule has 0 aromatic heterocycles. The quantitative estimate of drug-likeness (QED) is 0.925. The Kier molecular flexibility index (Phi) is 5.16. The Bertz CT molecular complexity index is 716. The first kappa shape index (κ1) is 16.5. The highest BCUT2D eigenvalue weighted by Crippen LogP contribution is 2.31. The van der Waals surface area contributed by atoms with E-state index in [1.807, 2.05) is 35.2 Å². The van der Waals surface area contributed by atoms with Gasteiger partial charge in [0.15, 0.2) is 0 Å². The van der Waals surface area contributed by atoms with Crippen molar-refractivity contribution < 1.29 is 9.59 Å². The lowest BCUT2D eigenvalue weighted by molar-refractivity contribution is -0.131. The monoisotopic (exact) mass is 342 g/mol. The smallest absolute Gasteiger partial charge is 0.251 e. The summed E-state index contributed by atoms with van der Waals surface area (Å²) in [7, 11) is 0. The summed E-state index contributed by atoms with van der Waals surface area (Å²) in [6.45, 7) is 0.736. The SMILES string of the molecule is O=C(NCC(=O)N1CCC[C@H]1c1ccccc1)c1ccc(Cl)cc1. The lowest BCUT2D eigenvalue weighted by Gasteiger charge is -2.25. The molecular weight excluding hydrogens is 324 g/mol. The van der Waals surface area contributed by atoms with Crippen LogP contribution in [-0.2, 0) is 4.79 Å². The molecule has 3 rings (SSSR count). The van der Waals surface area contributed by atoms with Crippen molar-refractivity contribution in [2.24, 2.45) is 0 Å². The predicted octanol–water partition coefficient (Wildman–Crippen LogP) is 3.43. The molecule has 0 spiro atoms. The van der Waals surface area contributed by atoms with E-state index in [2.05, 4.69) is 5.32 Å². The van der Waals surface area contributed by atoms with E-state index in [-0.39, 0.29) is 24.4 Å². The molecule has 1 saturated heterocycles. The highest BCUT2D eigenvalue weighted by molar-refractivity contribution is 6.30. The molecule has 0 aliphatic carbocycles. The molecule has 124 valence electrons. The Morgan fingerprint density at radius 2 is 1.79 bits per heavy atom. The molecule has 5 heteroatoms. The van der Waals surface area contributed by atoms with Crippen LogP contribution in [0.3, 0.4) is 0 Å². The molecule has 4 nitrogen and oxygen atoms in total. The Morgan fingerprint density at radius 1 is 1.08 bits per heavy atom. The standard InChI is InChI=1S/C19H19ClN2O2/c20-16-10-8-15(9-11-16)19(24)21-13-18(23)22-12-4-7-17(22)14-5-2-1-3-6-14/h1-3,5-6,8-11,17H,4,7,12-13H2,(H,21,24)/t17-/m0/s1. The number of carbonyl (C=O) groups excluding carboxylic acids is 2. The van der Waals surface area contributed by atoms with Crippen LogP contribution in [0.1, 0.15) is 34.8 Å². The topological polar surface area (TPSA) is 49.4 Å². The fourth-order valence-corrected chi connectivity index (χ4v) is 3.17. The van der Waals surface area contributed by atoms with E-state index in [1.54, 1.807) is 24.3 Å². The Hall–Kier alpha value is -2.33. The maximum atomic E-state index is 12.5. The zero-order chi connectivity index (χ0) is 16.9. The Morgan fingerprint density at radius 3 is 2.50 bits per heavy atom. The van der Waals surface area contributed by atoms with Crippen molar-refractivity contribution in [2.75, 3.05) is 13.1 Å². The van der Waals surface area contributed by atoms with Crippen molar-refractivity contribution in [2.45, 2.75) is 18.9 Å². The van der Waals surface area contributed by atoms with E-state index in [9.17, 15) is 9.59 Å². The van der Waals surface area contributed by atoms with E-state index >= 15 is 0 Å². The number of likely N-dealkylation sites (tertiary alicyclic amines) is 1. The molecule has 1 aliphatic rings. The molecule has 2 aromatic carbocycles. The van der Waals surface area contributed by atoms with Gasteiger partial charge in [-0.05, 0) is 42.7 Å². The number of rotatable bonds is 4. The molecule has 2 amide bonds. The maximum Gasteiger partial charge on any atom is 0.251 e.